The van der Waals surface area contributed by atoms with Crippen molar-refractivity contribution in [1.29, 1.82) is 0 Å². The van der Waals surface area contributed by atoms with Crippen molar-refractivity contribution in [3.63, 3.8) is 0 Å². The maximum atomic E-state index is 11.0. The Bertz CT molecular complexity index is 849. The molecular weight excluding hydrogens is 308 g/mol. The van der Waals surface area contributed by atoms with Crippen LogP contribution in [0.4, 0.5) is 11.4 Å². The smallest absolute Gasteiger partial charge is 0.300 e. The summed E-state index contributed by atoms with van der Waals surface area (Å²) in [5, 5.41) is 22.2. The molecule has 1 atom stereocenters. The van der Waals surface area contributed by atoms with Crippen LogP contribution in [0.2, 0.25) is 5.02 Å². The molecule has 1 heterocycles. The first-order valence-electron chi connectivity index (χ1n) is 6.48. The lowest BCUT2D eigenvalue weighted by Crippen LogP contribution is -2.07. The second kappa shape index (κ2) is 5.61. The molecule has 0 saturated carbocycles. The summed E-state index contributed by atoms with van der Waals surface area (Å²) in [5.41, 5.74) is 1.78. The maximum absolute atomic E-state index is 11.0. The molecular formula is C14H11ClN4O3. The number of anilines is 1. The van der Waals surface area contributed by atoms with Crippen LogP contribution >= 0.6 is 11.6 Å². The normalized spacial score (nSPS) is 12.3. The van der Waals surface area contributed by atoms with E-state index in [2.05, 4.69) is 20.3 Å². The molecule has 1 N–H and O–H groups in total. The Labute approximate surface area is 130 Å². The van der Waals surface area contributed by atoms with Gasteiger partial charge in [-0.05, 0) is 34.9 Å². The van der Waals surface area contributed by atoms with Crippen LogP contribution in [0.15, 0.2) is 41.0 Å². The number of non-ortho nitro benzene ring substituents is 1. The van der Waals surface area contributed by atoms with Gasteiger partial charge in [-0.1, -0.05) is 29.8 Å². The Kier molecular flexibility index (Phi) is 3.64. The van der Waals surface area contributed by atoms with E-state index >= 15 is 0 Å². The molecule has 3 rings (SSSR count). The predicted molar refractivity (Wildman–Crippen MR) is 81.9 cm³/mol. The molecule has 22 heavy (non-hydrogen) atoms. The highest BCUT2D eigenvalue weighted by Crippen LogP contribution is 2.32. The molecule has 0 aliphatic rings. The molecule has 1 aromatic heterocycles. The van der Waals surface area contributed by atoms with Crippen molar-refractivity contribution < 1.29 is 9.55 Å². The van der Waals surface area contributed by atoms with Crippen molar-refractivity contribution >= 4 is 34.0 Å². The Morgan fingerprint density at radius 2 is 1.95 bits per heavy atom. The molecule has 0 amide bonds. The number of rotatable bonds is 4. The van der Waals surface area contributed by atoms with Crippen molar-refractivity contribution in [3.8, 4) is 0 Å². The Morgan fingerprint density at radius 1 is 1.23 bits per heavy atom. The predicted octanol–water partition coefficient (Wildman–Crippen LogP) is 3.96. The first-order chi connectivity index (χ1) is 10.6. The Morgan fingerprint density at radius 3 is 2.68 bits per heavy atom. The standard InChI is InChI=1S/C14H11ClN4O3/c1-8(9-4-2-3-5-10(9)15)16-11-6-7-12(19(20)21)14-13(11)17-22-18-14/h2-8,16H,1H3/t8-/m1/s1. The first-order valence-corrected chi connectivity index (χ1v) is 6.86. The van der Waals surface area contributed by atoms with E-state index in [0.29, 0.717) is 16.2 Å². The second-order valence-corrected chi connectivity index (χ2v) is 5.15. The number of hydrogen-bond donors (Lipinski definition) is 1. The fourth-order valence-corrected chi connectivity index (χ4v) is 2.55. The van der Waals surface area contributed by atoms with E-state index in [0.717, 1.165) is 5.56 Å². The van der Waals surface area contributed by atoms with Gasteiger partial charge in [0.25, 0.3) is 0 Å². The summed E-state index contributed by atoms with van der Waals surface area (Å²) in [6.45, 7) is 1.93. The van der Waals surface area contributed by atoms with Crippen LogP contribution in [0.25, 0.3) is 11.0 Å². The van der Waals surface area contributed by atoms with Crippen LogP contribution in [0.1, 0.15) is 18.5 Å². The third kappa shape index (κ3) is 2.46. The lowest BCUT2D eigenvalue weighted by molar-refractivity contribution is -0.383. The highest BCUT2D eigenvalue weighted by Gasteiger charge is 2.20. The zero-order valence-electron chi connectivity index (χ0n) is 11.5. The van der Waals surface area contributed by atoms with E-state index in [9.17, 15) is 10.1 Å². The highest BCUT2D eigenvalue weighted by molar-refractivity contribution is 6.31. The van der Waals surface area contributed by atoms with Crippen LogP contribution in [0.3, 0.4) is 0 Å². The monoisotopic (exact) mass is 318 g/mol. The van der Waals surface area contributed by atoms with E-state index in [1.54, 1.807) is 12.1 Å². The topological polar surface area (TPSA) is 94.1 Å². The molecule has 0 saturated heterocycles. The number of benzene rings is 2. The van der Waals surface area contributed by atoms with E-state index in [-0.39, 0.29) is 17.2 Å². The molecule has 112 valence electrons. The molecule has 2 aromatic carbocycles. The zero-order valence-corrected chi connectivity index (χ0v) is 12.2. The third-order valence-corrected chi connectivity index (χ3v) is 3.68. The van der Waals surface area contributed by atoms with Crippen molar-refractivity contribution in [1.82, 2.24) is 10.3 Å². The van der Waals surface area contributed by atoms with Crippen LogP contribution < -0.4 is 5.32 Å². The Hall–Kier alpha value is -2.67. The minimum absolute atomic E-state index is 0.112. The van der Waals surface area contributed by atoms with E-state index in [4.69, 9.17) is 11.6 Å². The van der Waals surface area contributed by atoms with Gasteiger partial charge in [0, 0.05) is 11.1 Å². The summed E-state index contributed by atoms with van der Waals surface area (Å²) in [5.74, 6) is 0. The minimum atomic E-state index is -0.520. The number of nitro groups is 1. The average Bonchev–Trinajstić information content (AvgIpc) is 2.97. The molecule has 0 bridgehead atoms. The van der Waals surface area contributed by atoms with Crippen molar-refractivity contribution in [3.05, 3.63) is 57.1 Å². The number of nitrogens with one attached hydrogen (secondary N) is 1. The summed E-state index contributed by atoms with van der Waals surface area (Å²) < 4.78 is 4.64. The van der Waals surface area contributed by atoms with Crippen LogP contribution in [-0.4, -0.2) is 15.2 Å². The summed E-state index contributed by atoms with van der Waals surface area (Å²) in [4.78, 5) is 10.5. The van der Waals surface area contributed by atoms with Crippen molar-refractivity contribution in [2.45, 2.75) is 13.0 Å². The van der Waals surface area contributed by atoms with Gasteiger partial charge in [-0.3, -0.25) is 10.1 Å². The van der Waals surface area contributed by atoms with Gasteiger partial charge in [-0.25, -0.2) is 4.63 Å². The highest BCUT2D eigenvalue weighted by atomic mass is 35.5. The first kappa shape index (κ1) is 14.3. The number of nitrogens with zero attached hydrogens (tertiary/aromatic N) is 3. The number of aromatic nitrogens is 2. The van der Waals surface area contributed by atoms with Gasteiger partial charge in [-0.15, -0.1) is 0 Å². The number of hydrogen-bond acceptors (Lipinski definition) is 6. The zero-order chi connectivity index (χ0) is 15.7. The van der Waals surface area contributed by atoms with Crippen LogP contribution in [0, 0.1) is 10.1 Å². The van der Waals surface area contributed by atoms with Crippen LogP contribution in [0.5, 0.6) is 0 Å². The summed E-state index contributed by atoms with van der Waals surface area (Å²) in [7, 11) is 0. The molecule has 3 aromatic rings. The number of nitro benzene ring substituents is 1. The third-order valence-electron chi connectivity index (χ3n) is 3.33. The fraction of sp³-hybridized carbons (Fsp3) is 0.143. The van der Waals surface area contributed by atoms with Gasteiger partial charge >= 0.3 is 5.69 Å². The molecule has 8 heteroatoms. The fourth-order valence-electron chi connectivity index (χ4n) is 2.25. The van der Waals surface area contributed by atoms with Gasteiger partial charge in [0.15, 0.2) is 5.52 Å². The molecule has 0 unspecified atom stereocenters. The molecule has 0 aliphatic heterocycles. The van der Waals surface area contributed by atoms with Crippen molar-refractivity contribution in [2.24, 2.45) is 0 Å². The lowest BCUT2D eigenvalue weighted by Gasteiger charge is -2.16. The molecule has 7 nitrogen and oxygen atoms in total. The minimum Gasteiger partial charge on any atom is -0.377 e. The van der Waals surface area contributed by atoms with E-state index in [1.165, 1.54) is 6.07 Å². The quantitative estimate of drug-likeness (QED) is 0.578. The summed E-state index contributed by atoms with van der Waals surface area (Å²) in [6, 6.07) is 10.3. The lowest BCUT2D eigenvalue weighted by atomic mass is 10.1. The summed E-state index contributed by atoms with van der Waals surface area (Å²) >= 11 is 6.17. The molecule has 0 radical (unpaired) electrons. The van der Waals surface area contributed by atoms with E-state index < -0.39 is 4.92 Å². The SMILES string of the molecule is C[C@@H](Nc1ccc([N+](=O)[O-])c2nonc12)c1ccccc1Cl. The molecule has 0 aliphatic carbocycles. The van der Waals surface area contributed by atoms with Gasteiger partial charge in [0.05, 0.1) is 16.7 Å². The second-order valence-electron chi connectivity index (χ2n) is 4.74. The average molecular weight is 319 g/mol. The van der Waals surface area contributed by atoms with Gasteiger partial charge in [-0.2, -0.15) is 0 Å². The van der Waals surface area contributed by atoms with Gasteiger partial charge in [0.2, 0.25) is 5.52 Å². The molecule has 0 spiro atoms. The molecule has 0 fully saturated rings. The van der Waals surface area contributed by atoms with Crippen LogP contribution in [-0.2, 0) is 0 Å². The summed E-state index contributed by atoms with van der Waals surface area (Å²) in [6.07, 6.45) is 0. The van der Waals surface area contributed by atoms with Gasteiger partial charge < -0.3 is 5.32 Å². The number of fused-ring (bicyclic) bond motifs is 1. The largest absolute Gasteiger partial charge is 0.377 e. The van der Waals surface area contributed by atoms with Gasteiger partial charge in [0.1, 0.15) is 0 Å². The van der Waals surface area contributed by atoms with E-state index in [1.807, 2.05) is 25.1 Å². The maximum Gasteiger partial charge on any atom is 0.300 e. The number of halogens is 1. The van der Waals surface area contributed by atoms with Crippen molar-refractivity contribution in [2.75, 3.05) is 5.32 Å². The Balaban J connectivity index is 1.98.